The molecule has 9 nitrogen and oxygen atoms in total. The molecule has 0 radical (unpaired) electrons. The summed E-state index contributed by atoms with van der Waals surface area (Å²) >= 11 is 0. The Morgan fingerprint density at radius 3 is 2.78 bits per heavy atom. The van der Waals surface area contributed by atoms with Crippen LogP contribution in [0.15, 0.2) is 24.7 Å². The van der Waals surface area contributed by atoms with Gasteiger partial charge in [-0.3, -0.25) is 8.71 Å². The van der Waals surface area contributed by atoms with Gasteiger partial charge in [0.25, 0.3) is 0 Å². The Hall–Kier alpha value is -2.86. The van der Waals surface area contributed by atoms with E-state index in [4.69, 9.17) is 0 Å². The van der Waals surface area contributed by atoms with E-state index in [1.54, 1.807) is 0 Å². The molecular formula is C20H23F2N7O2S. The zero-order valence-corrected chi connectivity index (χ0v) is 18.1. The van der Waals surface area contributed by atoms with Crippen molar-refractivity contribution >= 4 is 27.3 Å². The second-order valence-corrected chi connectivity index (χ2v) is 10.1. The molecule has 170 valence electrons. The van der Waals surface area contributed by atoms with Crippen molar-refractivity contribution in [2.75, 3.05) is 35.0 Å². The van der Waals surface area contributed by atoms with Gasteiger partial charge in [-0.2, -0.15) is 0 Å². The van der Waals surface area contributed by atoms with Crippen molar-refractivity contribution in [3.05, 3.63) is 36.3 Å². The van der Waals surface area contributed by atoms with Gasteiger partial charge in [0.15, 0.2) is 28.9 Å². The molecule has 2 aliphatic heterocycles. The first kappa shape index (κ1) is 21.0. The van der Waals surface area contributed by atoms with E-state index in [0.717, 1.165) is 31.9 Å². The molecule has 2 fully saturated rings. The fourth-order valence-corrected chi connectivity index (χ4v) is 5.72. The summed E-state index contributed by atoms with van der Waals surface area (Å²) < 4.78 is 56.9. The number of imidazole rings is 1. The number of pyridine rings is 1. The first-order valence-electron chi connectivity index (χ1n) is 10.6. The van der Waals surface area contributed by atoms with Crippen molar-refractivity contribution in [3.8, 4) is 11.4 Å². The first-order chi connectivity index (χ1) is 15.4. The Bertz CT molecular complexity index is 1260. The van der Waals surface area contributed by atoms with Gasteiger partial charge in [-0.15, -0.1) is 0 Å². The highest BCUT2D eigenvalue weighted by Crippen LogP contribution is 2.28. The van der Waals surface area contributed by atoms with Crippen LogP contribution in [0.1, 0.15) is 25.7 Å². The van der Waals surface area contributed by atoms with Crippen LogP contribution in [0, 0.1) is 11.6 Å². The molecule has 2 N–H and O–H groups in total. The van der Waals surface area contributed by atoms with Crippen LogP contribution in [-0.2, 0) is 10.0 Å². The molecule has 5 heterocycles. The largest absolute Gasteiger partial charge is 0.364 e. The third-order valence-corrected chi connectivity index (χ3v) is 7.64. The lowest BCUT2D eigenvalue weighted by atomic mass is 10.1. The van der Waals surface area contributed by atoms with Crippen LogP contribution < -0.4 is 14.9 Å². The SMILES string of the molecule is O=S1(=O)CCCCN1c1cn2c(-c3nc(N[C@@H]4CCCNC4)c(F)cc3F)cnc2cn1. The summed E-state index contributed by atoms with van der Waals surface area (Å²) in [7, 11) is -3.46. The maximum absolute atomic E-state index is 14.8. The fraction of sp³-hybridized carbons (Fsp3) is 0.450. The molecule has 5 rings (SSSR count). The molecule has 12 heteroatoms. The van der Waals surface area contributed by atoms with Gasteiger partial charge in [-0.1, -0.05) is 0 Å². The zero-order chi connectivity index (χ0) is 22.3. The second-order valence-electron chi connectivity index (χ2n) is 8.05. The smallest absolute Gasteiger partial charge is 0.236 e. The Morgan fingerprint density at radius 2 is 2.00 bits per heavy atom. The number of nitrogens with zero attached hydrogens (tertiary/aromatic N) is 5. The van der Waals surface area contributed by atoms with Crippen molar-refractivity contribution in [2.45, 2.75) is 31.7 Å². The normalized spacial score (nSPS) is 21.1. The maximum Gasteiger partial charge on any atom is 0.236 e. The number of rotatable bonds is 4. The number of halogens is 2. The number of sulfonamides is 1. The molecule has 2 saturated heterocycles. The average Bonchev–Trinajstić information content (AvgIpc) is 3.19. The van der Waals surface area contributed by atoms with Gasteiger partial charge in [0, 0.05) is 25.2 Å². The number of piperidine rings is 1. The molecule has 0 bridgehead atoms. The van der Waals surface area contributed by atoms with Gasteiger partial charge >= 0.3 is 0 Å². The van der Waals surface area contributed by atoms with Crippen molar-refractivity contribution in [2.24, 2.45) is 0 Å². The van der Waals surface area contributed by atoms with Crippen LogP contribution >= 0.6 is 0 Å². The molecule has 0 saturated carbocycles. The van der Waals surface area contributed by atoms with Crippen LogP contribution in [-0.4, -0.2) is 59.2 Å². The summed E-state index contributed by atoms with van der Waals surface area (Å²) in [6.45, 7) is 1.91. The van der Waals surface area contributed by atoms with Crippen LogP contribution in [0.25, 0.3) is 17.0 Å². The topological polar surface area (TPSA) is 105 Å². The summed E-state index contributed by atoms with van der Waals surface area (Å²) in [5, 5.41) is 6.29. The summed E-state index contributed by atoms with van der Waals surface area (Å²) in [5.74, 6) is -1.35. The molecule has 0 amide bonds. The Balaban J connectivity index is 1.55. The molecule has 3 aromatic rings. The molecule has 2 aliphatic rings. The van der Waals surface area contributed by atoms with E-state index in [-0.39, 0.29) is 34.8 Å². The molecule has 1 atom stereocenters. The van der Waals surface area contributed by atoms with Crippen LogP contribution in [0.2, 0.25) is 0 Å². The highest BCUT2D eigenvalue weighted by Gasteiger charge is 2.28. The minimum absolute atomic E-state index is 0.00800. The van der Waals surface area contributed by atoms with E-state index in [1.807, 2.05) is 0 Å². The third kappa shape index (κ3) is 3.88. The molecule has 0 aromatic carbocycles. The molecule has 0 unspecified atom stereocenters. The second kappa shape index (κ2) is 8.24. The predicted octanol–water partition coefficient (Wildman–Crippen LogP) is 2.16. The summed E-state index contributed by atoms with van der Waals surface area (Å²) in [6, 6.07) is 0.795. The lowest BCUT2D eigenvalue weighted by Crippen LogP contribution is -2.38. The van der Waals surface area contributed by atoms with E-state index in [9.17, 15) is 17.2 Å². The fourth-order valence-electron chi connectivity index (χ4n) is 4.14. The molecule has 32 heavy (non-hydrogen) atoms. The predicted molar refractivity (Wildman–Crippen MR) is 116 cm³/mol. The molecule has 0 spiro atoms. The quantitative estimate of drug-likeness (QED) is 0.611. The highest BCUT2D eigenvalue weighted by molar-refractivity contribution is 7.92. The van der Waals surface area contributed by atoms with E-state index >= 15 is 0 Å². The van der Waals surface area contributed by atoms with Gasteiger partial charge in [0.05, 0.1) is 30.0 Å². The number of hydrogen-bond acceptors (Lipinski definition) is 7. The van der Waals surface area contributed by atoms with Gasteiger partial charge in [0.1, 0.15) is 5.69 Å². The van der Waals surface area contributed by atoms with Gasteiger partial charge < -0.3 is 10.6 Å². The van der Waals surface area contributed by atoms with Crippen LogP contribution in [0.5, 0.6) is 0 Å². The Kier molecular flexibility index (Phi) is 5.41. The monoisotopic (exact) mass is 463 g/mol. The van der Waals surface area contributed by atoms with Crippen LogP contribution in [0.3, 0.4) is 0 Å². The average molecular weight is 464 g/mol. The maximum atomic E-state index is 14.8. The van der Waals surface area contributed by atoms with Crippen molar-refractivity contribution < 1.29 is 17.2 Å². The summed E-state index contributed by atoms with van der Waals surface area (Å²) in [5.41, 5.74) is 0.596. The van der Waals surface area contributed by atoms with Crippen molar-refractivity contribution in [1.82, 2.24) is 24.7 Å². The minimum Gasteiger partial charge on any atom is -0.364 e. The number of anilines is 2. The van der Waals surface area contributed by atoms with E-state index in [1.165, 1.54) is 27.3 Å². The van der Waals surface area contributed by atoms with E-state index in [0.29, 0.717) is 25.2 Å². The summed E-state index contributed by atoms with van der Waals surface area (Å²) in [6.07, 6.45) is 7.50. The van der Waals surface area contributed by atoms with Crippen LogP contribution in [0.4, 0.5) is 20.4 Å². The number of nitrogens with one attached hydrogen (secondary N) is 2. The standard InChI is InChI=1S/C20H23F2N7O2S/c21-14-8-15(22)20(26-13-4-3-5-23-9-13)27-19(14)16-10-24-17-11-25-18(12-28(16)17)29-6-1-2-7-32(29,30)31/h8,10-13,23H,1-7,9H2,(H,26,27)/t13-/m1/s1. The van der Waals surface area contributed by atoms with Crippen molar-refractivity contribution in [1.29, 1.82) is 0 Å². The highest BCUT2D eigenvalue weighted by atomic mass is 32.2. The lowest BCUT2D eigenvalue weighted by molar-refractivity contribution is 0.475. The lowest BCUT2D eigenvalue weighted by Gasteiger charge is -2.27. The number of fused-ring (bicyclic) bond motifs is 1. The van der Waals surface area contributed by atoms with Crippen molar-refractivity contribution in [3.63, 3.8) is 0 Å². The zero-order valence-electron chi connectivity index (χ0n) is 17.3. The molecule has 0 aliphatic carbocycles. The van der Waals surface area contributed by atoms with Gasteiger partial charge in [-0.05, 0) is 32.2 Å². The van der Waals surface area contributed by atoms with E-state index in [2.05, 4.69) is 25.6 Å². The third-order valence-electron chi connectivity index (χ3n) is 5.80. The number of aromatic nitrogens is 4. The molecule has 3 aromatic heterocycles. The van der Waals surface area contributed by atoms with Gasteiger partial charge in [-0.25, -0.2) is 32.2 Å². The summed E-state index contributed by atoms with van der Waals surface area (Å²) in [4.78, 5) is 12.7. The Labute approximate surface area is 183 Å². The molecular weight excluding hydrogens is 440 g/mol. The van der Waals surface area contributed by atoms with Gasteiger partial charge in [0.2, 0.25) is 10.0 Å². The number of hydrogen-bond donors (Lipinski definition) is 2. The van der Waals surface area contributed by atoms with E-state index < -0.39 is 21.7 Å². The first-order valence-corrected chi connectivity index (χ1v) is 12.2. The minimum atomic E-state index is -3.46. The Morgan fingerprint density at radius 1 is 1.12 bits per heavy atom.